The molecule has 0 radical (unpaired) electrons. The van der Waals surface area contributed by atoms with Crippen molar-refractivity contribution in [2.24, 2.45) is 0 Å². The van der Waals surface area contributed by atoms with E-state index in [4.69, 9.17) is 11.6 Å². The second-order valence-electron chi connectivity index (χ2n) is 7.01. The zero-order chi connectivity index (χ0) is 20.7. The van der Waals surface area contributed by atoms with E-state index in [9.17, 15) is 28.4 Å². The Balaban J connectivity index is 1.68. The van der Waals surface area contributed by atoms with E-state index in [1.165, 1.54) is 10.6 Å². The first kappa shape index (κ1) is 20.5. The standard InChI is InChI=1S/C16H17ClF3N5O3/c1-15(26,9-24-7-13(25(27)28)22-14(24)17)8-23-5-4-11-10(6-23)2-3-12(21-11)16(18,19)20/h2-3,7,26H,4-6,8-9H2,1H3/t15-/m0/s1. The van der Waals surface area contributed by atoms with Crippen LogP contribution in [-0.4, -0.2) is 48.2 Å². The van der Waals surface area contributed by atoms with Crippen molar-refractivity contribution < 1.29 is 23.2 Å². The topological polar surface area (TPSA) is 97.3 Å². The highest BCUT2D eigenvalue weighted by atomic mass is 35.5. The van der Waals surface area contributed by atoms with Gasteiger partial charge in [-0.1, -0.05) is 6.07 Å². The Morgan fingerprint density at radius 3 is 2.64 bits per heavy atom. The summed E-state index contributed by atoms with van der Waals surface area (Å²) in [5.41, 5.74) is -1.14. The smallest absolute Gasteiger partial charge is 0.387 e. The van der Waals surface area contributed by atoms with E-state index in [1.54, 1.807) is 6.92 Å². The van der Waals surface area contributed by atoms with E-state index in [0.717, 1.165) is 12.3 Å². The van der Waals surface area contributed by atoms with Gasteiger partial charge in [0.25, 0.3) is 0 Å². The molecule has 1 aliphatic heterocycles. The van der Waals surface area contributed by atoms with Gasteiger partial charge >= 0.3 is 17.3 Å². The van der Waals surface area contributed by atoms with E-state index in [0.29, 0.717) is 30.8 Å². The molecule has 0 saturated carbocycles. The number of alkyl halides is 3. The maximum absolute atomic E-state index is 12.8. The number of imidazole rings is 1. The SMILES string of the molecule is C[C@](O)(CN1CCc2nc(C(F)(F)F)ccc2C1)Cn1cc([N+](=O)[O-])nc1Cl. The molecule has 2 aromatic rings. The molecule has 1 N–H and O–H groups in total. The summed E-state index contributed by atoms with van der Waals surface area (Å²) in [5.74, 6) is -0.417. The average molecular weight is 420 g/mol. The minimum absolute atomic E-state index is 0.0265. The van der Waals surface area contributed by atoms with Gasteiger partial charge in [0, 0.05) is 31.7 Å². The Hall–Kier alpha value is -2.24. The van der Waals surface area contributed by atoms with Gasteiger partial charge in [0.15, 0.2) is 0 Å². The predicted molar refractivity (Wildman–Crippen MR) is 92.7 cm³/mol. The van der Waals surface area contributed by atoms with Gasteiger partial charge in [0.05, 0.1) is 12.1 Å². The van der Waals surface area contributed by atoms with Gasteiger partial charge in [-0.3, -0.25) is 9.47 Å². The summed E-state index contributed by atoms with van der Waals surface area (Å²) in [4.78, 5) is 19.3. The quantitative estimate of drug-likeness (QED) is 0.591. The van der Waals surface area contributed by atoms with Crippen molar-refractivity contribution in [3.63, 3.8) is 0 Å². The molecule has 28 heavy (non-hydrogen) atoms. The molecule has 1 atom stereocenters. The molecule has 1 aliphatic rings. The van der Waals surface area contributed by atoms with Crippen molar-refractivity contribution in [3.8, 4) is 0 Å². The molecular weight excluding hydrogens is 403 g/mol. The molecule has 12 heteroatoms. The van der Waals surface area contributed by atoms with Crippen LogP contribution in [0.25, 0.3) is 0 Å². The molecule has 0 saturated heterocycles. The molecule has 0 amide bonds. The highest BCUT2D eigenvalue weighted by Gasteiger charge is 2.34. The van der Waals surface area contributed by atoms with Crippen LogP contribution in [0, 0.1) is 10.1 Å². The Labute approximate surface area is 162 Å². The molecule has 2 aromatic heterocycles. The van der Waals surface area contributed by atoms with Crippen molar-refractivity contribution in [2.75, 3.05) is 13.1 Å². The highest BCUT2D eigenvalue weighted by molar-refractivity contribution is 6.28. The second-order valence-corrected chi connectivity index (χ2v) is 7.35. The van der Waals surface area contributed by atoms with Gasteiger partial charge in [-0.15, -0.1) is 0 Å². The fourth-order valence-corrected chi connectivity index (χ4v) is 3.44. The van der Waals surface area contributed by atoms with E-state index in [2.05, 4.69) is 9.97 Å². The summed E-state index contributed by atoms with van der Waals surface area (Å²) in [5, 5.41) is 21.4. The van der Waals surface area contributed by atoms with Crippen LogP contribution in [0.15, 0.2) is 18.3 Å². The van der Waals surface area contributed by atoms with Crippen LogP contribution in [0.2, 0.25) is 5.28 Å². The average Bonchev–Trinajstić information content (AvgIpc) is 2.93. The minimum Gasteiger partial charge on any atom is -0.387 e. The normalized spacial score (nSPS) is 17.2. The van der Waals surface area contributed by atoms with Crippen molar-refractivity contribution >= 4 is 17.4 Å². The van der Waals surface area contributed by atoms with Gasteiger partial charge in [-0.05, 0) is 40.1 Å². The molecule has 152 valence electrons. The van der Waals surface area contributed by atoms with Crippen LogP contribution < -0.4 is 0 Å². The summed E-state index contributed by atoms with van der Waals surface area (Å²) in [6.07, 6.45) is -3.01. The highest BCUT2D eigenvalue weighted by Crippen LogP contribution is 2.30. The molecule has 0 aliphatic carbocycles. The number of rotatable bonds is 5. The summed E-state index contributed by atoms with van der Waals surface area (Å²) in [6.45, 7) is 2.48. The molecule has 0 spiro atoms. The lowest BCUT2D eigenvalue weighted by Crippen LogP contribution is -2.45. The molecule has 0 fully saturated rings. The maximum atomic E-state index is 12.8. The Morgan fingerprint density at radius 2 is 2.04 bits per heavy atom. The van der Waals surface area contributed by atoms with Gasteiger partial charge in [0.1, 0.15) is 11.9 Å². The number of aliphatic hydroxyl groups is 1. The Bertz CT molecular complexity index is 900. The van der Waals surface area contributed by atoms with Crippen molar-refractivity contribution in [1.82, 2.24) is 19.4 Å². The fraction of sp³-hybridized carbons (Fsp3) is 0.500. The minimum atomic E-state index is -4.48. The molecule has 0 bridgehead atoms. The summed E-state index contributed by atoms with van der Waals surface area (Å²) >= 11 is 5.88. The first-order valence-corrected chi connectivity index (χ1v) is 8.70. The molecular formula is C16H17ClF3N5O3. The monoisotopic (exact) mass is 419 g/mol. The van der Waals surface area contributed by atoms with Crippen LogP contribution in [0.4, 0.5) is 19.0 Å². The van der Waals surface area contributed by atoms with Crippen LogP contribution in [0.5, 0.6) is 0 Å². The zero-order valence-corrected chi connectivity index (χ0v) is 15.5. The van der Waals surface area contributed by atoms with Gasteiger partial charge in [-0.25, -0.2) is 4.98 Å². The van der Waals surface area contributed by atoms with Crippen LogP contribution in [-0.2, 0) is 25.7 Å². The number of hydrogen-bond donors (Lipinski definition) is 1. The van der Waals surface area contributed by atoms with Crippen molar-refractivity contribution in [3.05, 3.63) is 50.7 Å². The number of pyridine rings is 1. The second kappa shape index (κ2) is 7.30. The number of hydrogen-bond acceptors (Lipinski definition) is 6. The van der Waals surface area contributed by atoms with Crippen LogP contribution in [0.1, 0.15) is 23.9 Å². The predicted octanol–water partition coefficient (Wildman–Crippen LogP) is 2.67. The van der Waals surface area contributed by atoms with E-state index in [-0.39, 0.29) is 18.4 Å². The maximum Gasteiger partial charge on any atom is 0.433 e. The van der Waals surface area contributed by atoms with Crippen LogP contribution in [0.3, 0.4) is 0 Å². The summed E-state index contributed by atoms with van der Waals surface area (Å²) in [7, 11) is 0. The molecule has 0 unspecified atom stereocenters. The van der Waals surface area contributed by atoms with Gasteiger partial charge in [0.2, 0.25) is 0 Å². The lowest BCUT2D eigenvalue weighted by atomic mass is 10.0. The lowest BCUT2D eigenvalue weighted by Gasteiger charge is -2.34. The first-order chi connectivity index (χ1) is 12.9. The van der Waals surface area contributed by atoms with Crippen molar-refractivity contribution in [1.29, 1.82) is 0 Å². The molecule has 3 heterocycles. The number of nitrogens with zero attached hydrogens (tertiary/aromatic N) is 5. The van der Waals surface area contributed by atoms with E-state index >= 15 is 0 Å². The molecule has 8 nitrogen and oxygen atoms in total. The third-order valence-electron chi connectivity index (χ3n) is 4.40. The Kier molecular flexibility index (Phi) is 5.34. The third-order valence-corrected chi connectivity index (χ3v) is 4.70. The number of halogens is 4. The van der Waals surface area contributed by atoms with E-state index in [1.807, 2.05) is 4.90 Å². The zero-order valence-electron chi connectivity index (χ0n) is 14.8. The largest absolute Gasteiger partial charge is 0.433 e. The third kappa shape index (κ3) is 4.59. The molecule has 3 rings (SSSR count). The summed E-state index contributed by atoms with van der Waals surface area (Å²) < 4.78 is 39.6. The van der Waals surface area contributed by atoms with Gasteiger partial charge in [-0.2, -0.15) is 13.2 Å². The number of nitro groups is 1. The van der Waals surface area contributed by atoms with Gasteiger partial charge < -0.3 is 15.2 Å². The number of β-amino-alcohol motifs (C(OH)–C–C–N with tert-alkyl or cyclic N) is 1. The first-order valence-electron chi connectivity index (χ1n) is 8.32. The van der Waals surface area contributed by atoms with Crippen molar-refractivity contribution in [2.45, 2.75) is 38.2 Å². The van der Waals surface area contributed by atoms with Crippen LogP contribution >= 0.6 is 11.6 Å². The van der Waals surface area contributed by atoms with E-state index < -0.39 is 28.2 Å². The summed E-state index contributed by atoms with van der Waals surface area (Å²) in [6, 6.07) is 2.35. The number of fused-ring (bicyclic) bond motifs is 1. The molecule has 0 aromatic carbocycles. The Morgan fingerprint density at radius 1 is 1.32 bits per heavy atom. The fourth-order valence-electron chi connectivity index (χ4n) is 3.25. The number of aromatic nitrogens is 3. The lowest BCUT2D eigenvalue weighted by molar-refractivity contribution is -0.389.